The van der Waals surface area contributed by atoms with Gasteiger partial charge in [0.15, 0.2) is 5.96 Å². The van der Waals surface area contributed by atoms with E-state index in [9.17, 15) is 4.39 Å². The van der Waals surface area contributed by atoms with Gasteiger partial charge >= 0.3 is 0 Å². The van der Waals surface area contributed by atoms with Crippen LogP contribution >= 0.6 is 0 Å². The van der Waals surface area contributed by atoms with E-state index in [1.807, 2.05) is 19.2 Å². The number of aliphatic imine (C=N–C) groups is 1. The number of nitrogens with one attached hydrogen (secondary N) is 1. The summed E-state index contributed by atoms with van der Waals surface area (Å²) in [7, 11) is 3.81. The fourth-order valence-electron chi connectivity index (χ4n) is 3.47. The molecule has 0 spiro atoms. The first-order valence-electron chi connectivity index (χ1n) is 9.47. The third-order valence-corrected chi connectivity index (χ3v) is 4.83. The molecule has 2 rings (SSSR count). The van der Waals surface area contributed by atoms with Crippen molar-refractivity contribution in [1.29, 1.82) is 0 Å². The monoisotopic (exact) mass is 348 g/mol. The molecular weight excluding hydrogens is 315 g/mol. The number of likely N-dealkylation sites (tertiary alicyclic amines) is 1. The van der Waals surface area contributed by atoms with Crippen LogP contribution < -0.4 is 5.32 Å². The fourth-order valence-corrected chi connectivity index (χ4v) is 3.47. The number of halogens is 1. The zero-order chi connectivity index (χ0) is 18.1. The number of rotatable bonds is 7. The molecule has 1 aliphatic rings. The first-order valence-corrected chi connectivity index (χ1v) is 9.47. The van der Waals surface area contributed by atoms with Crippen LogP contribution in [-0.2, 0) is 6.54 Å². The lowest BCUT2D eigenvalue weighted by Gasteiger charge is -2.30. The molecule has 0 aromatic heterocycles. The molecule has 5 heteroatoms. The third kappa shape index (κ3) is 7.02. The van der Waals surface area contributed by atoms with E-state index in [0.29, 0.717) is 6.54 Å². The van der Waals surface area contributed by atoms with Crippen LogP contribution in [0.2, 0.25) is 0 Å². The van der Waals surface area contributed by atoms with E-state index >= 15 is 0 Å². The molecular formula is C20H33FN4. The van der Waals surface area contributed by atoms with Crippen LogP contribution in [0.15, 0.2) is 29.3 Å². The van der Waals surface area contributed by atoms with E-state index in [1.165, 1.54) is 51.0 Å². The molecule has 1 aromatic rings. The summed E-state index contributed by atoms with van der Waals surface area (Å²) < 4.78 is 13.0. The van der Waals surface area contributed by atoms with E-state index < -0.39 is 0 Å². The average molecular weight is 349 g/mol. The lowest BCUT2D eigenvalue weighted by molar-refractivity contribution is 0.181. The Morgan fingerprint density at radius 1 is 1.32 bits per heavy atom. The van der Waals surface area contributed by atoms with Crippen LogP contribution in [0.5, 0.6) is 0 Å². The largest absolute Gasteiger partial charge is 0.356 e. The van der Waals surface area contributed by atoms with Crippen LogP contribution in [0.25, 0.3) is 0 Å². The van der Waals surface area contributed by atoms with E-state index in [1.54, 1.807) is 7.05 Å². The van der Waals surface area contributed by atoms with Crippen LogP contribution in [0.3, 0.4) is 0 Å². The molecule has 0 radical (unpaired) electrons. The van der Waals surface area contributed by atoms with Gasteiger partial charge in [0.1, 0.15) is 5.82 Å². The summed E-state index contributed by atoms with van der Waals surface area (Å²) in [6.07, 6.45) is 5.10. The highest BCUT2D eigenvalue weighted by Crippen LogP contribution is 2.15. The minimum absolute atomic E-state index is 0.197. The Morgan fingerprint density at radius 3 is 2.76 bits per heavy atom. The predicted octanol–water partition coefficient (Wildman–Crippen LogP) is 3.35. The Labute approximate surface area is 152 Å². The van der Waals surface area contributed by atoms with Gasteiger partial charge in [0.05, 0.1) is 0 Å². The molecule has 0 bridgehead atoms. The van der Waals surface area contributed by atoms with Gasteiger partial charge in [0, 0.05) is 33.7 Å². The standard InChI is InChI=1S/C20H33FN4/c1-17-7-6-14-25(15-17)13-5-4-12-23-20(22-2)24(3)16-18-8-10-19(21)11-9-18/h8-11,17H,4-7,12-16H2,1-3H3,(H,22,23). The second kappa shape index (κ2) is 10.4. The summed E-state index contributed by atoms with van der Waals surface area (Å²) in [5.41, 5.74) is 1.08. The number of piperidine rings is 1. The second-order valence-corrected chi connectivity index (χ2v) is 7.21. The summed E-state index contributed by atoms with van der Waals surface area (Å²) >= 11 is 0. The van der Waals surface area contributed by atoms with E-state index in [2.05, 4.69) is 27.0 Å². The molecule has 0 amide bonds. The first kappa shape index (κ1) is 19.7. The molecule has 1 saturated heterocycles. The third-order valence-electron chi connectivity index (χ3n) is 4.83. The molecule has 1 fully saturated rings. The Morgan fingerprint density at radius 2 is 2.08 bits per heavy atom. The van der Waals surface area contributed by atoms with Gasteiger partial charge in [-0.05, 0) is 62.4 Å². The predicted molar refractivity (Wildman–Crippen MR) is 103 cm³/mol. The van der Waals surface area contributed by atoms with Crippen molar-refractivity contribution in [3.8, 4) is 0 Å². The Balaban J connectivity index is 1.64. The maximum absolute atomic E-state index is 13.0. The summed E-state index contributed by atoms with van der Waals surface area (Å²) in [6.45, 7) is 7.73. The van der Waals surface area contributed by atoms with Gasteiger partial charge in [-0.2, -0.15) is 0 Å². The SMILES string of the molecule is CN=C(NCCCCN1CCCC(C)C1)N(C)Cc1ccc(F)cc1. The quantitative estimate of drug-likeness (QED) is 0.466. The first-order chi connectivity index (χ1) is 12.1. The van der Waals surface area contributed by atoms with Crippen LogP contribution in [0, 0.1) is 11.7 Å². The lowest BCUT2D eigenvalue weighted by atomic mass is 10.0. The molecule has 1 atom stereocenters. The van der Waals surface area contributed by atoms with Crippen molar-refractivity contribution >= 4 is 5.96 Å². The van der Waals surface area contributed by atoms with Crippen molar-refractivity contribution in [2.45, 2.75) is 39.2 Å². The van der Waals surface area contributed by atoms with Gasteiger partial charge in [-0.15, -0.1) is 0 Å². The van der Waals surface area contributed by atoms with Crippen LogP contribution in [-0.4, -0.2) is 56.0 Å². The molecule has 1 unspecified atom stereocenters. The number of guanidine groups is 1. The van der Waals surface area contributed by atoms with Gasteiger partial charge in [-0.1, -0.05) is 19.1 Å². The zero-order valence-electron chi connectivity index (χ0n) is 16.0. The molecule has 25 heavy (non-hydrogen) atoms. The Hall–Kier alpha value is -1.62. The minimum atomic E-state index is -0.197. The molecule has 1 aliphatic heterocycles. The van der Waals surface area contributed by atoms with Crippen LogP contribution in [0.1, 0.15) is 38.2 Å². The van der Waals surface area contributed by atoms with Gasteiger partial charge < -0.3 is 15.1 Å². The maximum Gasteiger partial charge on any atom is 0.193 e. The number of nitrogens with zero attached hydrogens (tertiary/aromatic N) is 3. The minimum Gasteiger partial charge on any atom is -0.356 e. The molecule has 0 aliphatic carbocycles. The molecule has 4 nitrogen and oxygen atoms in total. The summed E-state index contributed by atoms with van der Waals surface area (Å²) in [4.78, 5) is 9.02. The molecule has 1 N–H and O–H groups in total. The topological polar surface area (TPSA) is 30.9 Å². The number of unbranched alkanes of at least 4 members (excludes halogenated alkanes) is 1. The molecule has 1 aromatic carbocycles. The van der Waals surface area contributed by atoms with E-state index in [0.717, 1.165) is 30.4 Å². The number of hydrogen-bond acceptors (Lipinski definition) is 2. The van der Waals surface area contributed by atoms with Crippen molar-refractivity contribution in [3.05, 3.63) is 35.6 Å². The summed E-state index contributed by atoms with van der Waals surface area (Å²) in [5, 5.41) is 3.43. The lowest BCUT2D eigenvalue weighted by Crippen LogP contribution is -2.39. The molecule has 140 valence electrons. The highest BCUT2D eigenvalue weighted by atomic mass is 19.1. The van der Waals surface area contributed by atoms with E-state index in [-0.39, 0.29) is 5.82 Å². The van der Waals surface area contributed by atoms with Crippen molar-refractivity contribution in [2.24, 2.45) is 10.9 Å². The highest BCUT2D eigenvalue weighted by Gasteiger charge is 2.15. The average Bonchev–Trinajstić information content (AvgIpc) is 2.60. The smallest absolute Gasteiger partial charge is 0.193 e. The second-order valence-electron chi connectivity index (χ2n) is 7.21. The van der Waals surface area contributed by atoms with Crippen molar-refractivity contribution in [2.75, 3.05) is 40.3 Å². The normalized spacial score (nSPS) is 19.0. The number of benzene rings is 1. The van der Waals surface area contributed by atoms with Gasteiger partial charge in [0.2, 0.25) is 0 Å². The Kier molecular flexibility index (Phi) is 8.19. The summed E-state index contributed by atoms with van der Waals surface area (Å²) in [6, 6.07) is 6.64. The fraction of sp³-hybridized carbons (Fsp3) is 0.650. The van der Waals surface area contributed by atoms with Gasteiger partial charge in [0.25, 0.3) is 0 Å². The van der Waals surface area contributed by atoms with Crippen molar-refractivity contribution in [3.63, 3.8) is 0 Å². The van der Waals surface area contributed by atoms with Crippen molar-refractivity contribution < 1.29 is 4.39 Å². The van der Waals surface area contributed by atoms with Crippen LogP contribution in [0.4, 0.5) is 4.39 Å². The number of hydrogen-bond donors (Lipinski definition) is 1. The Bertz CT molecular complexity index is 529. The molecule has 0 saturated carbocycles. The highest BCUT2D eigenvalue weighted by molar-refractivity contribution is 5.79. The van der Waals surface area contributed by atoms with Gasteiger partial charge in [-0.3, -0.25) is 4.99 Å². The summed E-state index contributed by atoms with van der Waals surface area (Å²) in [5.74, 6) is 1.54. The zero-order valence-corrected chi connectivity index (χ0v) is 16.0. The van der Waals surface area contributed by atoms with Crippen molar-refractivity contribution in [1.82, 2.24) is 15.1 Å². The maximum atomic E-state index is 13.0. The van der Waals surface area contributed by atoms with Gasteiger partial charge in [-0.25, -0.2) is 4.39 Å². The van der Waals surface area contributed by atoms with E-state index in [4.69, 9.17) is 0 Å². The molecule has 1 heterocycles.